The Balaban J connectivity index is 1.08. The average molecular weight is 755 g/mol. The number of aromatic nitrogens is 2. The van der Waals surface area contributed by atoms with Gasteiger partial charge >= 0.3 is 0 Å². The minimum Gasteiger partial charge on any atom is -0.457 e. The molecule has 11 rings (SSSR count). The molecule has 1 spiro atoms. The quantitative estimate of drug-likeness (QED) is 0.177. The molecule has 59 heavy (non-hydrogen) atoms. The maximum Gasteiger partial charge on any atom is 0.160 e. The molecule has 0 radical (unpaired) electrons. The second kappa shape index (κ2) is 13.5. The van der Waals surface area contributed by atoms with Crippen LogP contribution in [0.4, 0.5) is 5.69 Å². The van der Waals surface area contributed by atoms with Gasteiger partial charge in [-0.3, -0.25) is 0 Å². The fourth-order valence-electron chi connectivity index (χ4n) is 9.06. The molecule has 0 fully saturated rings. The number of nitrogens with zero attached hydrogens (tertiary/aromatic N) is 3. The van der Waals surface area contributed by atoms with Crippen LogP contribution >= 0.6 is 0 Å². The number of fused-ring (bicyclic) bond motifs is 9. The fraction of sp³-hybridized carbons (Fsp3) is 0.0185. The molecule has 5 heteroatoms. The van der Waals surface area contributed by atoms with Crippen molar-refractivity contribution in [2.75, 3.05) is 5.73 Å². The lowest BCUT2D eigenvalue weighted by molar-refractivity contribution is 0.437. The molecule has 1 aliphatic carbocycles. The first-order chi connectivity index (χ1) is 29.1. The summed E-state index contributed by atoms with van der Waals surface area (Å²) in [6, 6.07) is 69.2. The van der Waals surface area contributed by atoms with Crippen molar-refractivity contribution in [3.8, 4) is 84.9 Å². The lowest BCUT2D eigenvalue weighted by Crippen LogP contribution is -2.32. The summed E-state index contributed by atoms with van der Waals surface area (Å²) >= 11 is 0. The highest BCUT2D eigenvalue weighted by atomic mass is 16.5. The first-order valence-corrected chi connectivity index (χ1v) is 19.6. The molecule has 2 heterocycles. The molecule has 0 unspecified atom stereocenters. The molecule has 0 saturated heterocycles. The third-order valence-corrected chi connectivity index (χ3v) is 11.7. The number of benzene rings is 8. The molecule has 0 bridgehead atoms. The van der Waals surface area contributed by atoms with Crippen LogP contribution in [0.25, 0.3) is 67.3 Å². The van der Waals surface area contributed by atoms with Crippen molar-refractivity contribution < 1.29 is 4.74 Å². The highest BCUT2D eigenvalue weighted by molar-refractivity contribution is 5.89. The minimum atomic E-state index is -0.620. The van der Waals surface area contributed by atoms with Gasteiger partial charge in [0.2, 0.25) is 0 Å². The van der Waals surface area contributed by atoms with Crippen LogP contribution in [0.5, 0.6) is 11.5 Å². The van der Waals surface area contributed by atoms with Crippen molar-refractivity contribution in [1.29, 1.82) is 5.26 Å². The van der Waals surface area contributed by atoms with Gasteiger partial charge in [0.05, 0.1) is 28.4 Å². The minimum absolute atomic E-state index is 0.537. The summed E-state index contributed by atoms with van der Waals surface area (Å²) < 4.78 is 7.08. The Morgan fingerprint density at radius 2 is 0.915 bits per heavy atom. The Bertz CT molecular complexity index is 3050. The molecule has 276 valence electrons. The number of nitriles is 1. The fourth-order valence-corrected chi connectivity index (χ4v) is 9.06. The van der Waals surface area contributed by atoms with E-state index in [9.17, 15) is 5.26 Å². The Morgan fingerprint density at radius 3 is 1.49 bits per heavy atom. The van der Waals surface area contributed by atoms with E-state index in [1.54, 1.807) is 6.07 Å². The van der Waals surface area contributed by atoms with Crippen molar-refractivity contribution in [3.05, 3.63) is 222 Å². The van der Waals surface area contributed by atoms with E-state index in [2.05, 4.69) is 146 Å². The molecule has 1 aliphatic heterocycles. The third-order valence-electron chi connectivity index (χ3n) is 11.7. The monoisotopic (exact) mass is 754 g/mol. The topological polar surface area (TPSA) is 84.8 Å². The number of hydrogen-bond donors (Lipinski definition) is 1. The number of rotatable bonds is 5. The van der Waals surface area contributed by atoms with Crippen LogP contribution in [-0.2, 0) is 5.41 Å². The van der Waals surface area contributed by atoms with Crippen LogP contribution < -0.4 is 10.5 Å². The number of ether oxygens (including phenoxy) is 1. The van der Waals surface area contributed by atoms with E-state index in [4.69, 9.17) is 20.4 Å². The van der Waals surface area contributed by atoms with E-state index in [1.165, 1.54) is 22.3 Å². The Labute approximate surface area is 342 Å². The number of anilines is 1. The van der Waals surface area contributed by atoms with Gasteiger partial charge in [-0.2, -0.15) is 5.26 Å². The molecule has 0 amide bonds. The van der Waals surface area contributed by atoms with E-state index in [1.807, 2.05) is 48.5 Å². The maximum absolute atomic E-state index is 9.53. The lowest BCUT2D eigenvalue weighted by Gasteiger charge is -2.39. The van der Waals surface area contributed by atoms with Crippen LogP contribution in [0.2, 0.25) is 0 Å². The van der Waals surface area contributed by atoms with Gasteiger partial charge in [-0.1, -0.05) is 158 Å². The molecule has 0 saturated carbocycles. The van der Waals surface area contributed by atoms with Gasteiger partial charge < -0.3 is 10.5 Å². The summed E-state index contributed by atoms with van der Waals surface area (Å²) in [6.45, 7) is 0. The molecular formula is C54H34N4O. The van der Waals surface area contributed by atoms with Crippen LogP contribution in [0.1, 0.15) is 27.8 Å². The SMILES string of the molecule is N#Cc1cc(N)cc(-c2ccc(-c3ccc4c(c3)Oc3cc(-c5nc(-c6ccccc6)cc(-c6ccccc6)n5)ccc3C43c4ccccc4-c4ccccc43)cc2)c1. The largest absolute Gasteiger partial charge is 0.457 e. The standard InChI is InChI=1S/C54H34N4O/c55-33-34-27-41(29-42(56)28-34)36-21-19-35(20-22-36)39-23-25-47-51(30-39)59-52-31-40(24-26-48(52)54(47)45-17-9-7-15-43(45)44-16-8-10-18-46(44)54)53-57-49(37-11-3-1-4-12-37)32-50(58-53)38-13-5-2-6-14-38/h1-32H,56H2. The van der Waals surface area contributed by atoms with Crippen molar-refractivity contribution >= 4 is 5.69 Å². The van der Waals surface area contributed by atoms with Crippen molar-refractivity contribution in [2.24, 2.45) is 0 Å². The van der Waals surface area contributed by atoms with Crippen molar-refractivity contribution in [1.82, 2.24) is 9.97 Å². The Morgan fingerprint density at radius 1 is 0.424 bits per heavy atom. The first kappa shape index (κ1) is 34.2. The highest BCUT2D eigenvalue weighted by Crippen LogP contribution is 2.62. The van der Waals surface area contributed by atoms with Gasteiger partial charge in [-0.25, -0.2) is 9.97 Å². The highest BCUT2D eigenvalue weighted by Gasteiger charge is 2.51. The molecule has 2 aliphatic rings. The lowest BCUT2D eigenvalue weighted by atomic mass is 9.66. The van der Waals surface area contributed by atoms with Gasteiger partial charge in [0.1, 0.15) is 11.5 Å². The zero-order valence-corrected chi connectivity index (χ0v) is 31.8. The van der Waals surface area contributed by atoms with Crippen LogP contribution in [-0.4, -0.2) is 9.97 Å². The number of nitrogen functional groups attached to an aromatic ring is 1. The summed E-state index contributed by atoms with van der Waals surface area (Å²) in [4.78, 5) is 10.3. The third kappa shape index (κ3) is 5.54. The van der Waals surface area contributed by atoms with Gasteiger partial charge in [0.25, 0.3) is 0 Å². The van der Waals surface area contributed by atoms with Gasteiger partial charge in [0.15, 0.2) is 5.82 Å². The zero-order valence-electron chi connectivity index (χ0n) is 31.8. The number of hydrogen-bond acceptors (Lipinski definition) is 5. The molecule has 8 aromatic carbocycles. The summed E-state index contributed by atoms with van der Waals surface area (Å²) in [5, 5.41) is 9.53. The number of nitrogens with two attached hydrogens (primary N) is 1. The van der Waals surface area contributed by atoms with Crippen LogP contribution in [0.15, 0.2) is 194 Å². The van der Waals surface area contributed by atoms with E-state index in [-0.39, 0.29) is 0 Å². The second-order valence-corrected chi connectivity index (χ2v) is 15.1. The van der Waals surface area contributed by atoms with E-state index in [0.29, 0.717) is 17.1 Å². The molecule has 1 aromatic heterocycles. The summed E-state index contributed by atoms with van der Waals surface area (Å²) in [5.74, 6) is 2.18. The van der Waals surface area contributed by atoms with Gasteiger partial charge in [-0.05, 0) is 80.9 Å². The van der Waals surface area contributed by atoms with Crippen molar-refractivity contribution in [3.63, 3.8) is 0 Å². The maximum atomic E-state index is 9.53. The summed E-state index contributed by atoms with van der Waals surface area (Å²) in [5.41, 5.74) is 22.3. The molecular weight excluding hydrogens is 721 g/mol. The summed E-state index contributed by atoms with van der Waals surface area (Å²) in [6.07, 6.45) is 0. The molecule has 0 atom stereocenters. The summed E-state index contributed by atoms with van der Waals surface area (Å²) in [7, 11) is 0. The normalized spacial score (nSPS) is 12.7. The van der Waals surface area contributed by atoms with E-state index in [0.717, 1.165) is 73.0 Å². The second-order valence-electron chi connectivity index (χ2n) is 15.1. The average Bonchev–Trinajstić information content (AvgIpc) is 3.59. The van der Waals surface area contributed by atoms with Crippen LogP contribution in [0.3, 0.4) is 0 Å². The Hall–Kier alpha value is -8.07. The van der Waals surface area contributed by atoms with E-state index < -0.39 is 5.41 Å². The molecule has 9 aromatic rings. The molecule has 5 nitrogen and oxygen atoms in total. The zero-order chi connectivity index (χ0) is 39.5. The predicted octanol–water partition coefficient (Wildman–Crippen LogP) is 12.7. The van der Waals surface area contributed by atoms with Crippen LogP contribution in [0, 0.1) is 11.3 Å². The van der Waals surface area contributed by atoms with Crippen molar-refractivity contribution in [2.45, 2.75) is 5.41 Å². The molecule has 2 N–H and O–H groups in total. The predicted molar refractivity (Wildman–Crippen MR) is 236 cm³/mol. The van der Waals surface area contributed by atoms with Gasteiger partial charge in [-0.15, -0.1) is 0 Å². The first-order valence-electron chi connectivity index (χ1n) is 19.6. The smallest absolute Gasteiger partial charge is 0.160 e. The van der Waals surface area contributed by atoms with E-state index >= 15 is 0 Å². The Kier molecular flexibility index (Phi) is 7.85. The van der Waals surface area contributed by atoms with Gasteiger partial charge in [0, 0.05) is 33.5 Å².